The first-order chi connectivity index (χ1) is 8.76. The van der Waals surface area contributed by atoms with Crippen molar-refractivity contribution >= 4 is 11.0 Å². The van der Waals surface area contributed by atoms with Gasteiger partial charge in [-0.1, -0.05) is 19.1 Å². The van der Waals surface area contributed by atoms with Crippen molar-refractivity contribution in [3.05, 3.63) is 30.1 Å². The van der Waals surface area contributed by atoms with Crippen LogP contribution in [0.5, 0.6) is 0 Å². The largest absolute Gasteiger partial charge is 0.395 e. The molecule has 0 fully saturated rings. The van der Waals surface area contributed by atoms with Gasteiger partial charge in [0.15, 0.2) is 0 Å². The predicted molar refractivity (Wildman–Crippen MR) is 73.4 cm³/mol. The highest BCUT2D eigenvalue weighted by Crippen LogP contribution is 2.17. The molecule has 0 saturated heterocycles. The summed E-state index contributed by atoms with van der Waals surface area (Å²) in [6, 6.07) is 8.24. The maximum absolute atomic E-state index is 8.96. The third-order valence-corrected chi connectivity index (χ3v) is 3.07. The van der Waals surface area contributed by atoms with Crippen LogP contribution in [0.15, 0.2) is 24.3 Å². The summed E-state index contributed by atoms with van der Waals surface area (Å²) in [6.07, 6.45) is 1.09. The minimum absolute atomic E-state index is 0.185. The lowest BCUT2D eigenvalue weighted by Crippen LogP contribution is -2.23. The molecule has 1 N–H and O–H groups in total. The molecule has 0 unspecified atom stereocenters. The molecule has 0 spiro atoms. The van der Waals surface area contributed by atoms with Crippen LogP contribution in [0.25, 0.3) is 11.0 Å². The number of rotatable bonds is 6. The molecule has 0 bridgehead atoms. The van der Waals surface area contributed by atoms with Gasteiger partial charge in [0.1, 0.15) is 5.82 Å². The molecule has 2 rings (SSSR count). The first kappa shape index (κ1) is 13.1. The Balaban J connectivity index is 2.33. The molecule has 0 aliphatic rings. The van der Waals surface area contributed by atoms with Crippen molar-refractivity contribution in [2.24, 2.45) is 0 Å². The molecule has 1 aromatic heterocycles. The molecule has 0 saturated carbocycles. The maximum Gasteiger partial charge on any atom is 0.124 e. The predicted octanol–water partition coefficient (Wildman–Crippen LogP) is 1.87. The van der Waals surface area contributed by atoms with Crippen molar-refractivity contribution in [2.45, 2.75) is 26.4 Å². The highest BCUT2D eigenvalue weighted by Gasteiger charge is 2.11. The number of aliphatic hydroxyl groups is 1. The average Bonchev–Trinajstić information content (AvgIpc) is 2.68. The lowest BCUT2D eigenvalue weighted by molar-refractivity contribution is 0.213. The lowest BCUT2D eigenvalue weighted by atomic mass is 10.3. The van der Waals surface area contributed by atoms with E-state index < -0.39 is 0 Å². The quantitative estimate of drug-likeness (QED) is 0.847. The minimum atomic E-state index is 0.185. The second-order valence-electron chi connectivity index (χ2n) is 4.63. The van der Waals surface area contributed by atoms with E-state index >= 15 is 0 Å². The zero-order chi connectivity index (χ0) is 13.0. The van der Waals surface area contributed by atoms with Crippen molar-refractivity contribution in [1.82, 2.24) is 14.5 Å². The topological polar surface area (TPSA) is 41.3 Å². The summed E-state index contributed by atoms with van der Waals surface area (Å²) in [5.41, 5.74) is 2.25. The molecule has 4 nitrogen and oxygen atoms in total. The second-order valence-corrected chi connectivity index (χ2v) is 4.63. The number of imidazole rings is 1. The van der Waals surface area contributed by atoms with E-state index in [-0.39, 0.29) is 6.61 Å². The number of aryl methyl sites for hydroxylation is 1. The van der Waals surface area contributed by atoms with Crippen LogP contribution in [-0.2, 0) is 13.1 Å². The van der Waals surface area contributed by atoms with Gasteiger partial charge in [0.2, 0.25) is 0 Å². The zero-order valence-corrected chi connectivity index (χ0v) is 11.1. The van der Waals surface area contributed by atoms with Crippen LogP contribution in [0.1, 0.15) is 19.2 Å². The highest BCUT2D eigenvalue weighted by molar-refractivity contribution is 5.75. The smallest absolute Gasteiger partial charge is 0.124 e. The summed E-state index contributed by atoms with van der Waals surface area (Å²) in [4.78, 5) is 6.78. The van der Waals surface area contributed by atoms with Crippen molar-refractivity contribution in [1.29, 1.82) is 0 Å². The van der Waals surface area contributed by atoms with Gasteiger partial charge in [0.25, 0.3) is 0 Å². The van der Waals surface area contributed by atoms with Crippen LogP contribution in [-0.4, -0.2) is 39.8 Å². The monoisotopic (exact) mass is 247 g/mol. The molecular formula is C14H21N3O. The van der Waals surface area contributed by atoms with E-state index in [1.54, 1.807) is 0 Å². The fourth-order valence-electron chi connectivity index (χ4n) is 2.21. The van der Waals surface area contributed by atoms with E-state index in [1.165, 1.54) is 5.52 Å². The van der Waals surface area contributed by atoms with E-state index in [4.69, 9.17) is 10.1 Å². The van der Waals surface area contributed by atoms with E-state index in [1.807, 2.05) is 13.1 Å². The average molecular weight is 247 g/mol. The van der Waals surface area contributed by atoms with Gasteiger partial charge in [-0.05, 0) is 25.6 Å². The zero-order valence-electron chi connectivity index (χ0n) is 11.1. The number of hydrogen-bond acceptors (Lipinski definition) is 3. The molecule has 0 atom stereocenters. The van der Waals surface area contributed by atoms with Gasteiger partial charge in [-0.15, -0.1) is 0 Å². The molecule has 0 amide bonds. The number of nitrogens with zero attached hydrogens (tertiary/aromatic N) is 3. The number of aromatic nitrogens is 2. The van der Waals surface area contributed by atoms with Gasteiger partial charge >= 0.3 is 0 Å². The number of hydrogen-bond donors (Lipinski definition) is 1. The summed E-state index contributed by atoms with van der Waals surface area (Å²) in [7, 11) is 2.01. The summed E-state index contributed by atoms with van der Waals surface area (Å²) in [5, 5.41) is 8.96. The van der Waals surface area contributed by atoms with Crippen molar-refractivity contribution in [2.75, 3.05) is 20.2 Å². The van der Waals surface area contributed by atoms with Crippen molar-refractivity contribution in [3.63, 3.8) is 0 Å². The molecule has 18 heavy (non-hydrogen) atoms. The maximum atomic E-state index is 8.96. The Labute approximate surface area is 108 Å². The summed E-state index contributed by atoms with van der Waals surface area (Å²) < 4.78 is 2.28. The third kappa shape index (κ3) is 2.71. The Morgan fingerprint density at radius 3 is 2.83 bits per heavy atom. The van der Waals surface area contributed by atoms with Gasteiger partial charge in [0.05, 0.1) is 24.2 Å². The van der Waals surface area contributed by atoms with E-state index in [9.17, 15) is 0 Å². The van der Waals surface area contributed by atoms with Gasteiger partial charge in [-0.25, -0.2) is 4.98 Å². The van der Waals surface area contributed by atoms with Gasteiger partial charge in [-0.2, -0.15) is 0 Å². The van der Waals surface area contributed by atoms with Crippen molar-refractivity contribution in [3.8, 4) is 0 Å². The molecule has 4 heteroatoms. The third-order valence-electron chi connectivity index (χ3n) is 3.07. The molecule has 1 heterocycles. The lowest BCUT2D eigenvalue weighted by Gasteiger charge is -2.15. The van der Waals surface area contributed by atoms with Crippen LogP contribution in [0.3, 0.4) is 0 Å². The Kier molecular flexibility index (Phi) is 4.33. The van der Waals surface area contributed by atoms with Gasteiger partial charge < -0.3 is 9.67 Å². The number of likely N-dealkylation sites (N-methyl/N-ethyl adjacent to an activating group) is 1. The Bertz CT molecular complexity index is 507. The SMILES string of the molecule is CCCn1c(CN(C)CCO)nc2ccccc21. The standard InChI is InChI=1S/C14H21N3O/c1-3-8-17-13-7-5-4-6-12(13)15-14(17)11-16(2)9-10-18/h4-7,18H,3,8-11H2,1-2H3. The van der Waals surface area contributed by atoms with Crippen molar-refractivity contribution < 1.29 is 5.11 Å². The fraction of sp³-hybridized carbons (Fsp3) is 0.500. The first-order valence-corrected chi connectivity index (χ1v) is 6.49. The minimum Gasteiger partial charge on any atom is -0.395 e. The van der Waals surface area contributed by atoms with E-state index in [2.05, 4.69) is 34.6 Å². The van der Waals surface area contributed by atoms with Gasteiger partial charge in [0, 0.05) is 13.1 Å². The molecule has 98 valence electrons. The second kappa shape index (κ2) is 5.98. The van der Waals surface area contributed by atoms with Crippen LogP contribution >= 0.6 is 0 Å². The molecular weight excluding hydrogens is 226 g/mol. The highest BCUT2D eigenvalue weighted by atomic mass is 16.3. The molecule has 2 aromatic rings. The Morgan fingerprint density at radius 1 is 1.33 bits per heavy atom. The summed E-state index contributed by atoms with van der Waals surface area (Å²) in [5.74, 6) is 1.08. The van der Waals surface area contributed by atoms with E-state index in [0.29, 0.717) is 6.54 Å². The number of benzene rings is 1. The molecule has 0 radical (unpaired) electrons. The Hall–Kier alpha value is -1.39. The first-order valence-electron chi connectivity index (χ1n) is 6.49. The number of fused-ring (bicyclic) bond motifs is 1. The van der Waals surface area contributed by atoms with Gasteiger partial charge in [-0.3, -0.25) is 4.90 Å². The van der Waals surface area contributed by atoms with Crippen LogP contribution in [0.4, 0.5) is 0 Å². The fourth-order valence-corrected chi connectivity index (χ4v) is 2.21. The van der Waals surface area contributed by atoms with E-state index in [0.717, 1.165) is 30.9 Å². The molecule has 1 aromatic carbocycles. The van der Waals surface area contributed by atoms with Crippen LogP contribution in [0, 0.1) is 0 Å². The number of aliphatic hydroxyl groups excluding tert-OH is 1. The molecule has 0 aliphatic carbocycles. The van der Waals surface area contributed by atoms with Crippen LogP contribution < -0.4 is 0 Å². The summed E-state index contributed by atoms with van der Waals surface area (Å²) >= 11 is 0. The van der Waals surface area contributed by atoms with Crippen LogP contribution in [0.2, 0.25) is 0 Å². The molecule has 0 aliphatic heterocycles. The normalized spacial score (nSPS) is 11.6. The summed E-state index contributed by atoms with van der Waals surface area (Å²) in [6.45, 7) is 4.80. The Morgan fingerprint density at radius 2 is 2.11 bits per heavy atom. The number of para-hydroxylation sites is 2.